The molecular weight excluding hydrogens is 390 g/mol. The van der Waals surface area contributed by atoms with E-state index < -0.39 is 0 Å². The predicted octanol–water partition coefficient (Wildman–Crippen LogP) is 3.04. The van der Waals surface area contributed by atoms with Crippen LogP contribution in [0, 0.1) is 0 Å². The quantitative estimate of drug-likeness (QED) is 0.556. The molecule has 0 bridgehead atoms. The first-order chi connectivity index (χ1) is 14.5. The van der Waals surface area contributed by atoms with Gasteiger partial charge in [-0.05, 0) is 24.3 Å². The van der Waals surface area contributed by atoms with E-state index in [0.29, 0.717) is 34.5 Å². The van der Waals surface area contributed by atoms with E-state index in [9.17, 15) is 4.79 Å². The molecule has 0 radical (unpaired) electrons. The molecule has 158 valence electrons. The molecule has 0 saturated heterocycles. The van der Waals surface area contributed by atoms with Crippen LogP contribution in [0.25, 0.3) is 11.4 Å². The predicted molar refractivity (Wildman–Crippen MR) is 108 cm³/mol. The van der Waals surface area contributed by atoms with E-state index in [1.54, 1.807) is 26.3 Å². The van der Waals surface area contributed by atoms with E-state index in [-0.39, 0.29) is 12.5 Å². The van der Waals surface area contributed by atoms with Gasteiger partial charge in [0, 0.05) is 24.7 Å². The fourth-order valence-corrected chi connectivity index (χ4v) is 2.85. The SMILES string of the molecule is COc1ccc(-c2noc(CN(C)C(=O)c3cc(OC)c(OC)cc3OC)n2)cc1. The number of rotatable bonds is 8. The van der Waals surface area contributed by atoms with Gasteiger partial charge in [-0.15, -0.1) is 0 Å². The summed E-state index contributed by atoms with van der Waals surface area (Å²) in [6.45, 7) is 0.124. The van der Waals surface area contributed by atoms with Crippen LogP contribution in [0.2, 0.25) is 0 Å². The average molecular weight is 413 g/mol. The van der Waals surface area contributed by atoms with Gasteiger partial charge in [0.15, 0.2) is 11.5 Å². The third-order valence-electron chi connectivity index (χ3n) is 4.47. The Hall–Kier alpha value is -3.75. The summed E-state index contributed by atoms with van der Waals surface area (Å²) in [5.74, 6) is 2.43. The van der Waals surface area contributed by atoms with Crippen molar-refractivity contribution < 1.29 is 28.3 Å². The van der Waals surface area contributed by atoms with E-state index in [0.717, 1.165) is 11.3 Å². The molecule has 0 saturated carbocycles. The van der Waals surface area contributed by atoms with E-state index in [1.165, 1.54) is 26.2 Å². The maximum atomic E-state index is 13.0. The number of ether oxygens (including phenoxy) is 4. The first-order valence-electron chi connectivity index (χ1n) is 9.03. The summed E-state index contributed by atoms with van der Waals surface area (Å²) in [5.41, 5.74) is 1.11. The van der Waals surface area contributed by atoms with Crippen molar-refractivity contribution in [3.05, 3.63) is 47.9 Å². The fraction of sp³-hybridized carbons (Fsp3) is 0.286. The molecule has 1 aromatic heterocycles. The van der Waals surface area contributed by atoms with Crippen molar-refractivity contribution in [2.75, 3.05) is 35.5 Å². The minimum absolute atomic E-state index is 0.124. The third-order valence-corrected chi connectivity index (χ3v) is 4.47. The smallest absolute Gasteiger partial charge is 0.257 e. The van der Waals surface area contributed by atoms with Gasteiger partial charge in [-0.1, -0.05) is 5.16 Å². The van der Waals surface area contributed by atoms with Crippen molar-refractivity contribution in [1.29, 1.82) is 0 Å². The molecule has 3 rings (SSSR count). The summed E-state index contributed by atoms with van der Waals surface area (Å²) >= 11 is 0. The van der Waals surface area contributed by atoms with Crippen LogP contribution < -0.4 is 18.9 Å². The molecule has 1 amide bonds. The van der Waals surface area contributed by atoms with E-state index >= 15 is 0 Å². The number of aromatic nitrogens is 2. The number of amides is 1. The van der Waals surface area contributed by atoms with Crippen LogP contribution >= 0.6 is 0 Å². The second kappa shape index (κ2) is 9.17. The second-order valence-electron chi connectivity index (χ2n) is 6.31. The Morgan fingerprint density at radius 1 is 0.933 bits per heavy atom. The molecule has 0 atom stereocenters. The number of carbonyl (C=O) groups excluding carboxylic acids is 1. The van der Waals surface area contributed by atoms with Crippen molar-refractivity contribution in [2.45, 2.75) is 6.54 Å². The van der Waals surface area contributed by atoms with Crippen molar-refractivity contribution >= 4 is 5.91 Å². The van der Waals surface area contributed by atoms with Crippen LogP contribution in [-0.2, 0) is 6.54 Å². The van der Waals surface area contributed by atoms with Crippen molar-refractivity contribution in [2.24, 2.45) is 0 Å². The van der Waals surface area contributed by atoms with Crippen molar-refractivity contribution in [3.8, 4) is 34.4 Å². The van der Waals surface area contributed by atoms with Gasteiger partial charge in [-0.2, -0.15) is 4.98 Å². The maximum absolute atomic E-state index is 13.0. The van der Waals surface area contributed by atoms with Crippen LogP contribution in [0.5, 0.6) is 23.0 Å². The highest BCUT2D eigenvalue weighted by atomic mass is 16.5. The highest BCUT2D eigenvalue weighted by Crippen LogP contribution is 2.35. The minimum Gasteiger partial charge on any atom is -0.497 e. The zero-order valence-electron chi connectivity index (χ0n) is 17.5. The number of methoxy groups -OCH3 is 4. The Bertz CT molecular complexity index is 1020. The van der Waals surface area contributed by atoms with E-state index in [2.05, 4.69) is 10.1 Å². The molecule has 0 aliphatic carbocycles. The van der Waals surface area contributed by atoms with E-state index in [1.807, 2.05) is 24.3 Å². The standard InChI is InChI=1S/C21H23N3O6/c1-24(21(25)15-10-17(28-4)18(29-5)11-16(15)27-3)12-19-22-20(23-30-19)13-6-8-14(26-2)9-7-13/h6-11H,12H2,1-5H3. The lowest BCUT2D eigenvalue weighted by atomic mass is 10.1. The molecule has 1 heterocycles. The van der Waals surface area contributed by atoms with Gasteiger partial charge in [-0.3, -0.25) is 4.79 Å². The third kappa shape index (κ3) is 4.29. The summed E-state index contributed by atoms with van der Waals surface area (Å²) in [7, 11) is 7.73. The van der Waals surface area contributed by atoms with Crippen molar-refractivity contribution in [1.82, 2.24) is 15.0 Å². The Balaban J connectivity index is 1.78. The van der Waals surface area contributed by atoms with Crippen LogP contribution in [0.3, 0.4) is 0 Å². The number of carbonyl (C=O) groups is 1. The summed E-state index contributed by atoms with van der Waals surface area (Å²) in [5, 5.41) is 3.98. The summed E-state index contributed by atoms with van der Waals surface area (Å²) < 4.78 is 26.3. The van der Waals surface area contributed by atoms with Gasteiger partial charge in [-0.25, -0.2) is 0 Å². The molecule has 9 heteroatoms. The molecule has 0 unspecified atom stereocenters. The molecule has 0 N–H and O–H groups in total. The lowest BCUT2D eigenvalue weighted by molar-refractivity contribution is 0.0765. The molecule has 0 fully saturated rings. The maximum Gasteiger partial charge on any atom is 0.257 e. The highest BCUT2D eigenvalue weighted by Gasteiger charge is 2.22. The number of hydrogen-bond acceptors (Lipinski definition) is 8. The van der Waals surface area contributed by atoms with Crippen LogP contribution in [0.1, 0.15) is 16.2 Å². The molecule has 0 spiro atoms. The summed E-state index contributed by atoms with van der Waals surface area (Å²) in [6.07, 6.45) is 0. The zero-order valence-corrected chi connectivity index (χ0v) is 17.5. The minimum atomic E-state index is -0.294. The number of nitrogens with zero attached hydrogens (tertiary/aromatic N) is 3. The van der Waals surface area contributed by atoms with Gasteiger partial charge in [0.25, 0.3) is 5.91 Å². The Labute approximate surface area is 174 Å². The summed E-state index contributed by atoms with van der Waals surface area (Å²) in [6, 6.07) is 10.5. The largest absolute Gasteiger partial charge is 0.497 e. The topological polar surface area (TPSA) is 96.2 Å². The van der Waals surface area contributed by atoms with Crippen LogP contribution in [0.15, 0.2) is 40.9 Å². The monoisotopic (exact) mass is 413 g/mol. The number of hydrogen-bond donors (Lipinski definition) is 0. The molecule has 2 aromatic carbocycles. The molecule has 30 heavy (non-hydrogen) atoms. The molecule has 3 aromatic rings. The van der Waals surface area contributed by atoms with E-state index in [4.69, 9.17) is 23.5 Å². The lowest BCUT2D eigenvalue weighted by Crippen LogP contribution is -2.26. The first kappa shape index (κ1) is 21.0. The molecule has 0 aliphatic heterocycles. The van der Waals surface area contributed by atoms with Gasteiger partial charge in [0.1, 0.15) is 18.0 Å². The fourth-order valence-electron chi connectivity index (χ4n) is 2.85. The van der Waals surface area contributed by atoms with Gasteiger partial charge in [0.2, 0.25) is 11.7 Å². The normalized spacial score (nSPS) is 10.4. The van der Waals surface area contributed by atoms with Gasteiger partial charge < -0.3 is 28.4 Å². The Kier molecular flexibility index (Phi) is 6.41. The Morgan fingerprint density at radius 3 is 2.17 bits per heavy atom. The van der Waals surface area contributed by atoms with Gasteiger partial charge in [0.05, 0.1) is 34.0 Å². The molecular formula is C21H23N3O6. The van der Waals surface area contributed by atoms with Crippen LogP contribution in [0.4, 0.5) is 0 Å². The average Bonchev–Trinajstić information content (AvgIpc) is 3.25. The van der Waals surface area contributed by atoms with Crippen molar-refractivity contribution in [3.63, 3.8) is 0 Å². The molecule has 0 aliphatic rings. The first-order valence-corrected chi connectivity index (χ1v) is 9.03. The highest BCUT2D eigenvalue weighted by molar-refractivity contribution is 5.97. The number of benzene rings is 2. The zero-order chi connectivity index (χ0) is 21.7. The Morgan fingerprint density at radius 2 is 1.57 bits per heavy atom. The van der Waals surface area contributed by atoms with Crippen LogP contribution in [-0.4, -0.2) is 56.4 Å². The summed E-state index contributed by atoms with van der Waals surface area (Å²) in [4.78, 5) is 18.8. The second-order valence-corrected chi connectivity index (χ2v) is 6.31. The van der Waals surface area contributed by atoms with Gasteiger partial charge >= 0.3 is 0 Å². The molecule has 9 nitrogen and oxygen atoms in total. The lowest BCUT2D eigenvalue weighted by Gasteiger charge is -2.18.